The molecule has 0 atom stereocenters. The van der Waals surface area contributed by atoms with Crippen LogP contribution in [-0.2, 0) is 14.4 Å². The summed E-state index contributed by atoms with van der Waals surface area (Å²) in [6.45, 7) is -0.0138. The van der Waals surface area contributed by atoms with E-state index in [-0.39, 0.29) is 31.4 Å². The van der Waals surface area contributed by atoms with Crippen molar-refractivity contribution in [2.24, 2.45) is 0 Å². The molecule has 1 aromatic carbocycles. The van der Waals surface area contributed by atoms with Gasteiger partial charge in [0.15, 0.2) is 0 Å². The smallest absolute Gasteiger partial charge is 0.244 e. The second-order valence-electron chi connectivity index (χ2n) is 5.86. The van der Waals surface area contributed by atoms with Gasteiger partial charge in [0.2, 0.25) is 17.7 Å². The number of para-hydroxylation sites is 1. The van der Waals surface area contributed by atoms with Gasteiger partial charge in [-0.25, -0.2) is 0 Å². The minimum atomic E-state index is -0.419. The van der Waals surface area contributed by atoms with E-state index in [1.165, 1.54) is 16.8 Å². The van der Waals surface area contributed by atoms with Gasteiger partial charge in [0, 0.05) is 21.1 Å². The van der Waals surface area contributed by atoms with E-state index in [4.69, 9.17) is 23.2 Å². The Kier molecular flexibility index (Phi) is 8.15. The van der Waals surface area contributed by atoms with Gasteiger partial charge in [0.05, 0.1) is 35.4 Å². The minimum absolute atomic E-state index is 0.0240. The zero-order valence-electron chi connectivity index (χ0n) is 14.7. The van der Waals surface area contributed by atoms with Gasteiger partial charge in [-0.1, -0.05) is 29.3 Å². The second kappa shape index (κ2) is 9.60. The predicted octanol–water partition coefficient (Wildman–Crippen LogP) is 1.41. The molecule has 0 radical (unpaired) electrons. The SMILES string of the molecule is CN(CC(=O)N(C)C)CC(=O)N(C)CC(=O)Nc1c(Cl)cccc1Cl. The van der Waals surface area contributed by atoms with Gasteiger partial charge in [-0.05, 0) is 19.2 Å². The maximum Gasteiger partial charge on any atom is 0.244 e. The Balaban J connectivity index is 2.54. The molecule has 3 amide bonds. The number of nitrogens with one attached hydrogen (secondary N) is 1. The molecule has 0 aliphatic heterocycles. The lowest BCUT2D eigenvalue weighted by Crippen LogP contribution is -2.43. The van der Waals surface area contributed by atoms with Crippen LogP contribution in [0.5, 0.6) is 0 Å². The van der Waals surface area contributed by atoms with Gasteiger partial charge in [-0.3, -0.25) is 19.3 Å². The molecule has 9 heteroatoms. The summed E-state index contributed by atoms with van der Waals surface area (Å²) in [7, 11) is 6.47. The van der Waals surface area contributed by atoms with Crippen molar-refractivity contribution in [3.05, 3.63) is 28.2 Å². The number of carbonyl (C=O) groups excluding carboxylic acids is 3. The molecule has 0 spiro atoms. The summed E-state index contributed by atoms with van der Waals surface area (Å²) in [5.41, 5.74) is 0.311. The van der Waals surface area contributed by atoms with Crippen molar-refractivity contribution < 1.29 is 14.4 Å². The van der Waals surface area contributed by atoms with Crippen LogP contribution in [0.15, 0.2) is 18.2 Å². The van der Waals surface area contributed by atoms with E-state index >= 15 is 0 Å². The molecule has 1 aromatic rings. The normalized spacial score (nSPS) is 10.5. The molecule has 0 aliphatic rings. The lowest BCUT2D eigenvalue weighted by Gasteiger charge is -2.22. The van der Waals surface area contributed by atoms with Gasteiger partial charge in [-0.15, -0.1) is 0 Å². The highest BCUT2D eigenvalue weighted by molar-refractivity contribution is 6.39. The molecule has 138 valence electrons. The number of carbonyl (C=O) groups is 3. The number of rotatable bonds is 7. The molecule has 1 rings (SSSR count). The number of nitrogens with zero attached hydrogens (tertiary/aromatic N) is 3. The van der Waals surface area contributed by atoms with E-state index in [1.54, 1.807) is 44.2 Å². The van der Waals surface area contributed by atoms with E-state index in [0.29, 0.717) is 15.7 Å². The van der Waals surface area contributed by atoms with E-state index in [1.807, 2.05) is 0 Å². The third-order valence-electron chi connectivity index (χ3n) is 3.34. The molecule has 0 unspecified atom stereocenters. The number of amides is 3. The molecule has 0 heterocycles. The van der Waals surface area contributed by atoms with Crippen molar-refractivity contribution in [3.63, 3.8) is 0 Å². The minimum Gasteiger partial charge on any atom is -0.348 e. The summed E-state index contributed by atoms with van der Waals surface area (Å²) in [4.78, 5) is 40.2. The van der Waals surface area contributed by atoms with Gasteiger partial charge in [0.25, 0.3) is 0 Å². The van der Waals surface area contributed by atoms with E-state index in [0.717, 1.165) is 0 Å². The summed E-state index contributed by atoms with van der Waals surface area (Å²) < 4.78 is 0. The van der Waals surface area contributed by atoms with Gasteiger partial charge in [0.1, 0.15) is 0 Å². The van der Waals surface area contributed by atoms with Crippen molar-refractivity contribution in [1.82, 2.24) is 14.7 Å². The highest BCUT2D eigenvalue weighted by Crippen LogP contribution is 2.29. The first-order valence-corrected chi connectivity index (χ1v) is 8.24. The zero-order valence-corrected chi connectivity index (χ0v) is 16.2. The largest absolute Gasteiger partial charge is 0.348 e. The fraction of sp³-hybridized carbons (Fsp3) is 0.438. The Bertz CT molecular complexity index is 632. The maximum absolute atomic E-state index is 12.2. The second-order valence-corrected chi connectivity index (χ2v) is 6.67. The Morgan fingerprint density at radius 2 is 1.44 bits per heavy atom. The number of hydrogen-bond acceptors (Lipinski definition) is 4. The van der Waals surface area contributed by atoms with Crippen LogP contribution in [0.1, 0.15) is 0 Å². The number of anilines is 1. The van der Waals surface area contributed by atoms with Crippen molar-refractivity contribution in [1.29, 1.82) is 0 Å². The van der Waals surface area contributed by atoms with Crippen LogP contribution in [0.4, 0.5) is 5.69 Å². The monoisotopic (exact) mass is 388 g/mol. The van der Waals surface area contributed by atoms with Crippen LogP contribution in [0.3, 0.4) is 0 Å². The molecule has 0 saturated carbocycles. The van der Waals surface area contributed by atoms with Crippen LogP contribution < -0.4 is 5.32 Å². The number of likely N-dealkylation sites (N-methyl/N-ethyl adjacent to an activating group) is 3. The Morgan fingerprint density at radius 3 is 1.96 bits per heavy atom. The number of hydrogen-bond donors (Lipinski definition) is 1. The predicted molar refractivity (Wildman–Crippen MR) is 98.9 cm³/mol. The first-order valence-electron chi connectivity index (χ1n) is 7.48. The van der Waals surface area contributed by atoms with Gasteiger partial charge < -0.3 is 15.1 Å². The standard InChI is InChI=1S/C16H22Cl2N4O3/c1-20(2)14(24)9-21(3)10-15(25)22(4)8-13(23)19-16-11(17)6-5-7-12(16)18/h5-7H,8-10H2,1-4H3,(H,19,23). The van der Waals surface area contributed by atoms with E-state index < -0.39 is 5.91 Å². The van der Waals surface area contributed by atoms with Crippen LogP contribution in [0.2, 0.25) is 10.0 Å². The van der Waals surface area contributed by atoms with Gasteiger partial charge in [-0.2, -0.15) is 0 Å². The van der Waals surface area contributed by atoms with E-state index in [2.05, 4.69) is 5.32 Å². The average molecular weight is 389 g/mol. The fourth-order valence-electron chi connectivity index (χ4n) is 1.88. The van der Waals surface area contributed by atoms with Crippen LogP contribution >= 0.6 is 23.2 Å². The Hall–Kier alpha value is -1.83. The molecule has 7 nitrogen and oxygen atoms in total. The third kappa shape index (κ3) is 6.89. The average Bonchev–Trinajstić information content (AvgIpc) is 2.50. The molecule has 0 saturated heterocycles. The lowest BCUT2D eigenvalue weighted by atomic mass is 10.3. The molecule has 0 bridgehead atoms. The first-order chi connectivity index (χ1) is 11.6. The summed E-state index contributed by atoms with van der Waals surface area (Å²) in [6.07, 6.45) is 0. The molecule has 0 aliphatic carbocycles. The molecule has 0 aromatic heterocycles. The van der Waals surface area contributed by atoms with Crippen LogP contribution in [-0.4, -0.2) is 80.2 Å². The van der Waals surface area contributed by atoms with Gasteiger partial charge >= 0.3 is 0 Å². The molecular weight excluding hydrogens is 367 g/mol. The molecule has 0 fully saturated rings. The molecular formula is C16H22Cl2N4O3. The maximum atomic E-state index is 12.2. The Morgan fingerprint density at radius 1 is 0.920 bits per heavy atom. The highest BCUT2D eigenvalue weighted by Gasteiger charge is 2.18. The summed E-state index contributed by atoms with van der Waals surface area (Å²) in [5.74, 6) is -0.809. The molecule has 1 N–H and O–H groups in total. The summed E-state index contributed by atoms with van der Waals surface area (Å²) in [6, 6.07) is 4.88. The van der Waals surface area contributed by atoms with E-state index in [9.17, 15) is 14.4 Å². The Labute approximate surface area is 157 Å². The summed E-state index contributed by atoms with van der Waals surface area (Å²) in [5, 5.41) is 3.23. The number of halogens is 2. The lowest BCUT2D eigenvalue weighted by molar-refractivity contribution is -0.135. The van der Waals surface area contributed by atoms with Crippen molar-refractivity contribution in [2.45, 2.75) is 0 Å². The zero-order chi connectivity index (χ0) is 19.1. The summed E-state index contributed by atoms with van der Waals surface area (Å²) >= 11 is 12.0. The quantitative estimate of drug-likeness (QED) is 0.766. The highest BCUT2D eigenvalue weighted by atomic mass is 35.5. The number of benzene rings is 1. The third-order valence-corrected chi connectivity index (χ3v) is 3.97. The topological polar surface area (TPSA) is 73.0 Å². The van der Waals surface area contributed by atoms with Crippen LogP contribution in [0.25, 0.3) is 0 Å². The molecule has 25 heavy (non-hydrogen) atoms. The van der Waals surface area contributed by atoms with Crippen molar-refractivity contribution >= 4 is 46.6 Å². The fourth-order valence-corrected chi connectivity index (χ4v) is 2.37. The first kappa shape index (κ1) is 21.2. The van der Waals surface area contributed by atoms with Crippen LogP contribution in [0, 0.1) is 0 Å². The van der Waals surface area contributed by atoms with Crippen molar-refractivity contribution in [3.8, 4) is 0 Å². The van der Waals surface area contributed by atoms with Crippen molar-refractivity contribution in [2.75, 3.05) is 53.1 Å².